The second-order valence-corrected chi connectivity index (χ2v) is 6.89. The van der Waals surface area contributed by atoms with Crippen LogP contribution in [0, 0.1) is 6.92 Å². The number of aryl methyl sites for hydroxylation is 1. The maximum Gasteiger partial charge on any atom is 0.247 e. The molecule has 1 aliphatic heterocycles. The van der Waals surface area contributed by atoms with Gasteiger partial charge in [0.1, 0.15) is 11.5 Å². The van der Waals surface area contributed by atoms with E-state index >= 15 is 0 Å². The highest BCUT2D eigenvalue weighted by Crippen LogP contribution is 2.35. The standard InChI is InChI=1S/C22H22N6O/c1-16-5-2-11-25-21(16)27-22-20(24-12-13-26-22)18-7-4-14-28(18)19(29)9-8-17-6-3-10-23-15-17/h2-3,5-6,8-13,15,18H,4,7,14H2,1H3,(H,25,26,27)/b9-8+. The van der Waals surface area contributed by atoms with Gasteiger partial charge in [-0.2, -0.15) is 0 Å². The molecule has 1 unspecified atom stereocenters. The Bertz CT molecular complexity index is 1020. The third-order valence-corrected chi connectivity index (χ3v) is 4.93. The van der Waals surface area contributed by atoms with Crippen molar-refractivity contribution in [2.75, 3.05) is 11.9 Å². The summed E-state index contributed by atoms with van der Waals surface area (Å²) in [5.74, 6) is 1.33. The first-order valence-corrected chi connectivity index (χ1v) is 9.60. The summed E-state index contributed by atoms with van der Waals surface area (Å²) < 4.78 is 0. The van der Waals surface area contributed by atoms with Gasteiger partial charge in [-0.15, -0.1) is 0 Å². The van der Waals surface area contributed by atoms with Crippen LogP contribution >= 0.6 is 0 Å². The van der Waals surface area contributed by atoms with Crippen molar-refractivity contribution in [1.29, 1.82) is 0 Å². The Hall–Kier alpha value is -3.61. The summed E-state index contributed by atoms with van der Waals surface area (Å²) in [5.41, 5.74) is 2.67. The fourth-order valence-electron chi connectivity index (χ4n) is 3.47. The Balaban J connectivity index is 1.57. The van der Waals surface area contributed by atoms with E-state index in [0.717, 1.165) is 35.5 Å². The van der Waals surface area contributed by atoms with Crippen molar-refractivity contribution in [1.82, 2.24) is 24.8 Å². The highest BCUT2D eigenvalue weighted by molar-refractivity contribution is 5.92. The zero-order valence-electron chi connectivity index (χ0n) is 16.2. The van der Waals surface area contributed by atoms with Gasteiger partial charge in [-0.3, -0.25) is 14.8 Å². The number of nitrogens with one attached hydrogen (secondary N) is 1. The predicted octanol–water partition coefficient (Wildman–Crippen LogP) is 3.70. The molecule has 3 aromatic rings. The second kappa shape index (κ2) is 8.60. The maximum atomic E-state index is 12.9. The van der Waals surface area contributed by atoms with Crippen LogP contribution < -0.4 is 5.32 Å². The fourth-order valence-corrected chi connectivity index (χ4v) is 3.47. The van der Waals surface area contributed by atoms with E-state index in [1.54, 1.807) is 43.1 Å². The Morgan fingerprint density at radius 2 is 1.93 bits per heavy atom. The molecule has 0 aliphatic carbocycles. The molecule has 1 saturated heterocycles. The Kier molecular flexibility index (Phi) is 5.56. The third-order valence-electron chi connectivity index (χ3n) is 4.93. The van der Waals surface area contributed by atoms with Gasteiger partial charge < -0.3 is 10.2 Å². The zero-order chi connectivity index (χ0) is 20.1. The molecule has 29 heavy (non-hydrogen) atoms. The molecule has 4 heterocycles. The summed E-state index contributed by atoms with van der Waals surface area (Å²) in [6.07, 6.45) is 13.6. The first-order valence-electron chi connectivity index (χ1n) is 9.60. The number of carbonyl (C=O) groups excluding carboxylic acids is 1. The normalized spacial score (nSPS) is 16.3. The van der Waals surface area contributed by atoms with Crippen molar-refractivity contribution in [3.63, 3.8) is 0 Å². The van der Waals surface area contributed by atoms with Gasteiger partial charge in [0.05, 0.1) is 6.04 Å². The summed E-state index contributed by atoms with van der Waals surface area (Å²) in [5, 5.41) is 3.29. The fraction of sp³-hybridized carbons (Fsp3) is 0.227. The molecule has 0 bridgehead atoms. The average molecular weight is 386 g/mol. The number of carbonyl (C=O) groups is 1. The van der Waals surface area contributed by atoms with Crippen LogP contribution in [0.25, 0.3) is 6.08 Å². The van der Waals surface area contributed by atoms with Crippen LogP contribution in [0.3, 0.4) is 0 Å². The molecule has 1 N–H and O–H groups in total. The number of rotatable bonds is 5. The number of amides is 1. The molecule has 0 spiro atoms. The van der Waals surface area contributed by atoms with Crippen LogP contribution in [0.2, 0.25) is 0 Å². The minimum absolute atomic E-state index is 0.0398. The molecule has 4 rings (SSSR count). The number of hydrogen-bond donors (Lipinski definition) is 1. The molecule has 0 radical (unpaired) electrons. The monoisotopic (exact) mass is 386 g/mol. The van der Waals surface area contributed by atoms with Crippen LogP contribution in [-0.4, -0.2) is 37.3 Å². The lowest BCUT2D eigenvalue weighted by Crippen LogP contribution is -2.30. The molecular formula is C22H22N6O. The second-order valence-electron chi connectivity index (χ2n) is 6.89. The summed E-state index contributed by atoms with van der Waals surface area (Å²) in [7, 11) is 0. The van der Waals surface area contributed by atoms with Crippen LogP contribution in [0.1, 0.15) is 35.7 Å². The summed E-state index contributed by atoms with van der Waals surface area (Å²) >= 11 is 0. The van der Waals surface area contributed by atoms with E-state index in [-0.39, 0.29) is 11.9 Å². The molecule has 146 valence electrons. The third kappa shape index (κ3) is 4.29. The van der Waals surface area contributed by atoms with Gasteiger partial charge >= 0.3 is 0 Å². The van der Waals surface area contributed by atoms with Gasteiger partial charge in [-0.25, -0.2) is 9.97 Å². The molecule has 7 nitrogen and oxygen atoms in total. The first kappa shape index (κ1) is 18.7. The highest BCUT2D eigenvalue weighted by atomic mass is 16.2. The SMILES string of the molecule is Cc1cccnc1Nc1nccnc1C1CCCN1C(=O)/C=C/c1cccnc1. The Morgan fingerprint density at radius 3 is 2.76 bits per heavy atom. The van der Waals surface area contributed by atoms with Gasteiger partial charge in [0.25, 0.3) is 0 Å². The van der Waals surface area contributed by atoms with E-state index in [2.05, 4.69) is 25.3 Å². The summed E-state index contributed by atoms with van der Waals surface area (Å²) in [4.78, 5) is 32.2. The van der Waals surface area contributed by atoms with E-state index in [0.29, 0.717) is 12.4 Å². The van der Waals surface area contributed by atoms with Crippen molar-refractivity contribution < 1.29 is 4.79 Å². The molecule has 0 saturated carbocycles. The molecule has 0 aromatic carbocycles. The van der Waals surface area contributed by atoms with Crippen molar-refractivity contribution >= 4 is 23.6 Å². The first-order chi connectivity index (χ1) is 14.2. The van der Waals surface area contributed by atoms with E-state index in [9.17, 15) is 4.79 Å². The van der Waals surface area contributed by atoms with Crippen LogP contribution in [0.4, 0.5) is 11.6 Å². The topological polar surface area (TPSA) is 83.9 Å². The zero-order valence-corrected chi connectivity index (χ0v) is 16.2. The smallest absolute Gasteiger partial charge is 0.247 e. The summed E-state index contributed by atoms with van der Waals surface area (Å²) in [6.45, 7) is 2.68. The lowest BCUT2D eigenvalue weighted by atomic mass is 10.1. The highest BCUT2D eigenvalue weighted by Gasteiger charge is 2.32. The van der Waals surface area contributed by atoms with Crippen molar-refractivity contribution in [2.45, 2.75) is 25.8 Å². The Morgan fingerprint density at radius 1 is 1.10 bits per heavy atom. The van der Waals surface area contributed by atoms with Crippen LogP contribution in [-0.2, 0) is 4.79 Å². The predicted molar refractivity (Wildman–Crippen MR) is 111 cm³/mol. The van der Waals surface area contributed by atoms with Gasteiger partial charge in [-0.05, 0) is 49.1 Å². The van der Waals surface area contributed by atoms with Gasteiger partial charge in [0.15, 0.2) is 5.82 Å². The lowest BCUT2D eigenvalue weighted by Gasteiger charge is -2.24. The van der Waals surface area contributed by atoms with Crippen molar-refractivity contribution in [3.05, 3.63) is 78.1 Å². The molecule has 3 aromatic heterocycles. The van der Waals surface area contributed by atoms with E-state index in [4.69, 9.17) is 0 Å². The molecular weight excluding hydrogens is 364 g/mol. The number of aromatic nitrogens is 4. The molecule has 1 atom stereocenters. The number of likely N-dealkylation sites (tertiary alicyclic amines) is 1. The molecule has 1 fully saturated rings. The molecule has 7 heteroatoms. The van der Waals surface area contributed by atoms with Crippen molar-refractivity contribution in [2.24, 2.45) is 0 Å². The van der Waals surface area contributed by atoms with Crippen molar-refractivity contribution in [3.8, 4) is 0 Å². The van der Waals surface area contributed by atoms with Gasteiger partial charge in [0, 0.05) is 43.6 Å². The number of hydrogen-bond acceptors (Lipinski definition) is 6. The molecule has 1 aliphatic rings. The quantitative estimate of drug-likeness (QED) is 0.673. The van der Waals surface area contributed by atoms with Crippen LogP contribution in [0.5, 0.6) is 0 Å². The van der Waals surface area contributed by atoms with E-state index < -0.39 is 0 Å². The largest absolute Gasteiger partial charge is 0.330 e. The van der Waals surface area contributed by atoms with E-state index in [1.807, 2.05) is 36.1 Å². The number of anilines is 2. The maximum absolute atomic E-state index is 12.9. The van der Waals surface area contributed by atoms with Gasteiger partial charge in [-0.1, -0.05) is 12.1 Å². The number of pyridine rings is 2. The number of nitrogens with zero attached hydrogens (tertiary/aromatic N) is 5. The summed E-state index contributed by atoms with van der Waals surface area (Å²) in [6, 6.07) is 7.52. The van der Waals surface area contributed by atoms with E-state index in [1.165, 1.54) is 0 Å². The lowest BCUT2D eigenvalue weighted by molar-refractivity contribution is -0.126. The minimum atomic E-state index is -0.124. The Labute approximate surface area is 169 Å². The van der Waals surface area contributed by atoms with Gasteiger partial charge in [0.2, 0.25) is 5.91 Å². The minimum Gasteiger partial charge on any atom is -0.330 e. The van der Waals surface area contributed by atoms with Crippen LogP contribution in [0.15, 0.2) is 61.3 Å². The molecule has 1 amide bonds. The average Bonchev–Trinajstić information content (AvgIpc) is 3.25.